The molecule has 24 nitrogen and oxygen atoms in total. The van der Waals surface area contributed by atoms with Crippen LogP contribution in [0.4, 0.5) is 0 Å². The summed E-state index contributed by atoms with van der Waals surface area (Å²) in [4.78, 5) is 96.5. The van der Waals surface area contributed by atoms with E-state index in [4.69, 9.17) is 52.1 Å². The molecule has 0 N–H and O–H groups in total. The summed E-state index contributed by atoms with van der Waals surface area (Å²) in [6.07, 6.45) is -13.9. The van der Waals surface area contributed by atoms with Gasteiger partial charge in [-0.25, -0.2) is 0 Å². The smallest absolute Gasteiger partial charge is 0.714 e. The Hall–Kier alpha value is -3.93. The van der Waals surface area contributed by atoms with Crippen LogP contribution in [0.2, 0.25) is 0 Å². The minimum Gasteiger partial charge on any atom is -0.714 e. The van der Waals surface area contributed by atoms with Crippen molar-refractivity contribution < 1.29 is 159 Å². The summed E-state index contributed by atoms with van der Waals surface area (Å²) >= 11 is 0.533. The molecule has 0 aliphatic carbocycles. The molecule has 2 heterocycles. The second-order valence-electron chi connectivity index (χ2n) is 13.2. The normalized spacial score (nSPS) is 25.6. The van der Waals surface area contributed by atoms with E-state index in [1.807, 2.05) is 0 Å². The average molecular weight is 962 g/mol. The topological polar surface area (TPSA) is 317 Å². The fraction of sp³-hybridized carbons (Fsp3) is 0.583. The van der Waals surface area contributed by atoms with Gasteiger partial charge in [0.25, 0.3) is 10.4 Å². The Labute approximate surface area is 407 Å². The molecule has 2 aliphatic heterocycles. The fourth-order valence-electron chi connectivity index (χ4n) is 5.88. The summed E-state index contributed by atoms with van der Waals surface area (Å²) < 4.78 is 99.2. The Morgan fingerprint density at radius 3 is 1.41 bits per heavy atom. The van der Waals surface area contributed by atoms with Crippen LogP contribution in [0, 0.1) is 0 Å². The predicted octanol–water partition coefficient (Wildman–Crippen LogP) is -2.70. The van der Waals surface area contributed by atoms with Gasteiger partial charge in [-0.3, -0.25) is 42.6 Å². The first-order chi connectivity index (χ1) is 28.9. The van der Waals surface area contributed by atoms with Gasteiger partial charge in [-0.1, -0.05) is 29.1 Å². The molecule has 27 heteroatoms. The maximum absolute atomic E-state index is 12.3. The molecule has 10 atom stereocenters. The molecule has 2 saturated heterocycles. The van der Waals surface area contributed by atoms with Crippen molar-refractivity contribution in [2.24, 2.45) is 5.16 Å². The fourth-order valence-corrected chi connectivity index (χ4v) is 7.25. The molecule has 1 aromatic carbocycles. The Kier molecular flexibility index (Phi) is 22.4. The molecule has 0 aromatic heterocycles. The summed E-state index contributed by atoms with van der Waals surface area (Å²) in [6, 6.07) is 5.53. The first-order valence-corrected chi connectivity index (χ1v) is 20.4. The average Bonchev–Trinajstić information content (AvgIpc) is 3.13. The van der Waals surface area contributed by atoms with Crippen LogP contribution in [-0.2, 0) is 107 Å². The van der Waals surface area contributed by atoms with Crippen LogP contribution in [0.5, 0.6) is 5.75 Å². The molecular weight excluding hydrogens is 918 g/mol. The van der Waals surface area contributed by atoms with Crippen molar-refractivity contribution in [3.63, 3.8) is 0 Å². The molecule has 0 radical (unpaired) electrons. The van der Waals surface area contributed by atoms with Crippen LogP contribution in [0.25, 0.3) is 0 Å². The summed E-state index contributed by atoms with van der Waals surface area (Å²) in [5.74, 6) is -6.79. The van der Waals surface area contributed by atoms with E-state index in [0.717, 1.165) is 55.4 Å². The van der Waals surface area contributed by atoms with E-state index in [-0.39, 0.29) is 68.6 Å². The maximum Gasteiger partial charge on any atom is 1.00 e. The summed E-state index contributed by atoms with van der Waals surface area (Å²) in [6.45, 7) is 7.28. The molecule has 1 aromatic rings. The second-order valence-corrected chi connectivity index (χ2v) is 15.3. The monoisotopic (exact) mass is 961 g/mol. The zero-order valence-electron chi connectivity index (χ0n) is 35.4. The van der Waals surface area contributed by atoms with Gasteiger partial charge < -0.3 is 56.7 Å². The molecule has 0 bridgehead atoms. The quantitative estimate of drug-likeness (QED) is 0.0224. The molecule has 0 amide bonds. The number of oxime groups is 1. The number of esters is 8. The van der Waals surface area contributed by atoms with Crippen LogP contribution < -0.4 is 56.1 Å². The summed E-state index contributed by atoms with van der Waals surface area (Å²) in [5.41, 5.74) is -1.19. The number of thioether (sulfide) groups is 1. The van der Waals surface area contributed by atoms with Gasteiger partial charge in [-0.15, -0.1) is 0 Å². The molecule has 0 saturated carbocycles. The number of nitrogens with zero attached hydrogens (tertiary/aromatic N) is 1. The van der Waals surface area contributed by atoms with Crippen molar-refractivity contribution in [2.45, 2.75) is 122 Å². The Morgan fingerprint density at radius 1 is 0.587 bits per heavy atom. The molecule has 3 rings (SSSR count). The third-order valence-corrected chi connectivity index (χ3v) is 9.27. The third-order valence-electron chi connectivity index (χ3n) is 7.91. The van der Waals surface area contributed by atoms with E-state index >= 15 is 0 Å². The SMILES string of the molecule is CC(=O)OC[C@H]1O[C@H](Oc2ccc(C/C(=N/OS(=O)(=O)[O-])S[C@@H]3O[C@H](COC(C)=O)[C@@H](OC(C)=O)[C@H](OC(C)=O)[C@H]3OC(C)=O)cc2)[C@@H](OC(C)=O)[C@@H](OC(C)=O)[C@@H]1OC(C)=O.[K+]. The van der Waals surface area contributed by atoms with Crippen LogP contribution in [0.1, 0.15) is 61.0 Å². The van der Waals surface area contributed by atoms with Gasteiger partial charge in [0.2, 0.25) is 12.4 Å². The van der Waals surface area contributed by atoms with Gasteiger partial charge in [-0.05, 0) is 17.7 Å². The Balaban J connectivity index is 0.0000137. The number of rotatable bonds is 17. The zero-order valence-corrected chi connectivity index (χ0v) is 40.1. The van der Waals surface area contributed by atoms with E-state index in [9.17, 15) is 51.3 Å². The van der Waals surface area contributed by atoms with E-state index in [2.05, 4.69) is 9.44 Å². The molecule has 0 spiro atoms. The van der Waals surface area contributed by atoms with Gasteiger partial charge in [-0.2, -0.15) is 8.42 Å². The molecular formula is C36H44KNO23S2. The van der Waals surface area contributed by atoms with Gasteiger partial charge in [0, 0.05) is 61.8 Å². The van der Waals surface area contributed by atoms with Crippen molar-refractivity contribution in [1.29, 1.82) is 0 Å². The van der Waals surface area contributed by atoms with Gasteiger partial charge in [0.1, 0.15) is 41.7 Å². The van der Waals surface area contributed by atoms with Crippen molar-refractivity contribution >= 4 is 75.0 Å². The maximum atomic E-state index is 12.3. The number of ether oxygens (including phenoxy) is 11. The van der Waals surface area contributed by atoms with Gasteiger partial charge >= 0.3 is 99.1 Å². The van der Waals surface area contributed by atoms with E-state index in [1.54, 1.807) is 0 Å². The number of carbonyl (C=O) groups excluding carboxylic acids is 8. The van der Waals surface area contributed by atoms with Crippen LogP contribution in [0.3, 0.4) is 0 Å². The third kappa shape index (κ3) is 19.0. The van der Waals surface area contributed by atoms with Gasteiger partial charge in [0.15, 0.2) is 30.5 Å². The second kappa shape index (κ2) is 25.5. The largest absolute Gasteiger partial charge is 1.00 e. The Bertz CT molecular complexity index is 1960. The summed E-state index contributed by atoms with van der Waals surface area (Å²) in [5, 5.41) is 3.15. The number of hydrogen-bond donors (Lipinski definition) is 0. The van der Waals surface area contributed by atoms with Crippen LogP contribution >= 0.6 is 11.8 Å². The van der Waals surface area contributed by atoms with Crippen molar-refractivity contribution in [2.75, 3.05) is 13.2 Å². The number of benzene rings is 1. The van der Waals surface area contributed by atoms with Crippen LogP contribution in [-0.4, -0.2) is 140 Å². The van der Waals surface area contributed by atoms with Crippen molar-refractivity contribution in [3.8, 4) is 5.75 Å². The summed E-state index contributed by atoms with van der Waals surface area (Å²) in [7, 11) is -5.45. The number of hydrogen-bond acceptors (Lipinski definition) is 25. The molecule has 63 heavy (non-hydrogen) atoms. The standard InChI is InChI=1S/C36H45NO23S2.K/c1-16(38)49-14-26-29(51-18(3)40)31(53-20(5)42)33(55-22(7)44)35(58-26)57-25-11-9-24(10-12-25)13-28(37-60-62(46,47)48)61-36-34(56-23(8)45)32(54-21(6)43)30(52-19(4)41)27(59-36)15-50-17(2)39;/h9-12,26-27,29-36H,13-15H2,1-8H3,(H,46,47,48);/q;+1/p-1/b37-28-;/t26-,27-,29-,30-,31+,32+,33+,34-,35+,36+;/m1./s1. The minimum atomic E-state index is -5.45. The predicted molar refractivity (Wildman–Crippen MR) is 200 cm³/mol. The first kappa shape index (κ1) is 55.2. The van der Waals surface area contributed by atoms with Gasteiger partial charge in [0.05, 0.1) is 0 Å². The first-order valence-electron chi connectivity index (χ1n) is 18.2. The number of carbonyl (C=O) groups is 8. The molecule has 2 aliphatic rings. The molecule has 0 unspecified atom stereocenters. The van der Waals surface area contributed by atoms with Crippen LogP contribution in [0.15, 0.2) is 29.4 Å². The van der Waals surface area contributed by atoms with Crippen molar-refractivity contribution in [1.82, 2.24) is 0 Å². The van der Waals surface area contributed by atoms with E-state index in [0.29, 0.717) is 17.3 Å². The molecule has 2 fully saturated rings. The molecule has 344 valence electrons. The minimum absolute atomic E-state index is 0. The van der Waals surface area contributed by atoms with E-state index < -0.39 is 132 Å². The Morgan fingerprint density at radius 2 is 0.984 bits per heavy atom. The van der Waals surface area contributed by atoms with Crippen molar-refractivity contribution in [3.05, 3.63) is 29.8 Å². The zero-order chi connectivity index (χ0) is 46.5. The van der Waals surface area contributed by atoms with E-state index in [1.165, 1.54) is 24.3 Å².